The summed E-state index contributed by atoms with van der Waals surface area (Å²) >= 11 is 0. The van der Waals surface area contributed by atoms with Crippen molar-refractivity contribution in [3.63, 3.8) is 0 Å². The normalized spacial score (nSPS) is 17.2. The first-order valence-electron chi connectivity index (χ1n) is 6.72. The monoisotopic (exact) mass is 315 g/mol. The number of hydrogen-bond donors (Lipinski definition) is 2. The lowest BCUT2D eigenvalue weighted by molar-refractivity contribution is -0.141. The van der Waals surface area contributed by atoms with E-state index in [2.05, 4.69) is 4.72 Å². The van der Waals surface area contributed by atoms with Crippen molar-refractivity contribution in [2.75, 3.05) is 6.54 Å². The van der Waals surface area contributed by atoms with Crippen LogP contribution in [0, 0.1) is 18.2 Å². The molecule has 1 fully saturated rings. The number of rotatable bonds is 6. The summed E-state index contributed by atoms with van der Waals surface area (Å²) in [6, 6.07) is 3.72. The lowest BCUT2D eigenvalue weighted by Crippen LogP contribution is -2.43. The van der Waals surface area contributed by atoms with Crippen molar-refractivity contribution in [3.05, 3.63) is 29.6 Å². The van der Waals surface area contributed by atoms with Crippen LogP contribution in [0.4, 0.5) is 4.39 Å². The summed E-state index contributed by atoms with van der Waals surface area (Å²) in [4.78, 5) is 10.7. The van der Waals surface area contributed by atoms with Crippen molar-refractivity contribution >= 4 is 16.0 Å². The van der Waals surface area contributed by atoms with E-state index in [1.165, 1.54) is 12.1 Å². The number of carboxylic acids is 1. The summed E-state index contributed by atoms with van der Waals surface area (Å²) in [6.45, 7) is 1.62. The Bertz CT molecular complexity index is 653. The highest BCUT2D eigenvalue weighted by molar-refractivity contribution is 7.89. The molecule has 0 spiro atoms. The van der Waals surface area contributed by atoms with Crippen LogP contribution in [0.2, 0.25) is 0 Å². The first-order chi connectivity index (χ1) is 9.74. The second kappa shape index (κ2) is 5.73. The molecule has 1 aromatic carbocycles. The molecule has 0 bridgehead atoms. The van der Waals surface area contributed by atoms with E-state index < -0.39 is 27.2 Å². The van der Waals surface area contributed by atoms with E-state index in [0.717, 1.165) is 12.5 Å². The van der Waals surface area contributed by atoms with Gasteiger partial charge in [-0.3, -0.25) is 4.79 Å². The van der Waals surface area contributed by atoms with Gasteiger partial charge in [-0.25, -0.2) is 17.5 Å². The SMILES string of the molecule is Cc1ccc(S(=O)(=O)NCC2(CC(=O)O)CCC2)cc1F. The fourth-order valence-electron chi connectivity index (χ4n) is 2.49. The number of carbonyl (C=O) groups is 1. The van der Waals surface area contributed by atoms with Crippen molar-refractivity contribution in [2.24, 2.45) is 5.41 Å². The molecule has 0 aromatic heterocycles. The van der Waals surface area contributed by atoms with Crippen LogP contribution in [0.15, 0.2) is 23.1 Å². The Hall–Kier alpha value is -1.47. The summed E-state index contributed by atoms with van der Waals surface area (Å²) in [5.74, 6) is -1.52. The molecule has 0 atom stereocenters. The summed E-state index contributed by atoms with van der Waals surface area (Å²) in [5, 5.41) is 8.90. The van der Waals surface area contributed by atoms with E-state index in [1.54, 1.807) is 6.92 Å². The average molecular weight is 315 g/mol. The van der Waals surface area contributed by atoms with Crippen molar-refractivity contribution in [1.29, 1.82) is 0 Å². The lowest BCUT2D eigenvalue weighted by atomic mass is 9.67. The number of aliphatic carboxylic acids is 1. The molecule has 0 saturated heterocycles. The van der Waals surface area contributed by atoms with Crippen molar-refractivity contribution in [3.8, 4) is 0 Å². The molecular weight excluding hydrogens is 297 g/mol. The minimum atomic E-state index is -3.83. The minimum Gasteiger partial charge on any atom is -0.481 e. The fourth-order valence-corrected chi connectivity index (χ4v) is 3.65. The maximum absolute atomic E-state index is 13.5. The summed E-state index contributed by atoms with van der Waals surface area (Å²) in [6.07, 6.45) is 2.21. The Balaban J connectivity index is 2.10. The Morgan fingerprint density at radius 1 is 1.43 bits per heavy atom. The number of hydrogen-bond acceptors (Lipinski definition) is 3. The predicted molar refractivity (Wildman–Crippen MR) is 74.9 cm³/mol. The molecule has 0 aliphatic heterocycles. The molecule has 116 valence electrons. The molecule has 21 heavy (non-hydrogen) atoms. The molecule has 2 rings (SSSR count). The van der Waals surface area contributed by atoms with E-state index in [-0.39, 0.29) is 17.9 Å². The Morgan fingerprint density at radius 2 is 2.10 bits per heavy atom. The second-order valence-corrected chi connectivity index (χ2v) is 7.43. The van der Waals surface area contributed by atoms with E-state index >= 15 is 0 Å². The standard InChI is InChI=1S/C14H18FNO4S/c1-10-3-4-11(7-12(10)15)21(19,20)16-9-14(5-2-6-14)8-13(17)18/h3-4,7,16H,2,5-6,8-9H2,1H3,(H,17,18). The number of sulfonamides is 1. The highest BCUT2D eigenvalue weighted by atomic mass is 32.2. The van der Waals surface area contributed by atoms with Crippen LogP contribution in [0.5, 0.6) is 0 Å². The van der Waals surface area contributed by atoms with Gasteiger partial charge in [-0.15, -0.1) is 0 Å². The number of carboxylic acid groups (broad SMARTS) is 1. The molecule has 1 aromatic rings. The maximum Gasteiger partial charge on any atom is 0.303 e. The highest BCUT2D eigenvalue weighted by Gasteiger charge is 2.39. The second-order valence-electron chi connectivity index (χ2n) is 5.66. The van der Waals surface area contributed by atoms with Crippen molar-refractivity contribution in [1.82, 2.24) is 4.72 Å². The number of halogens is 1. The van der Waals surface area contributed by atoms with Gasteiger partial charge in [0, 0.05) is 6.54 Å². The molecular formula is C14H18FNO4S. The summed E-state index contributed by atoms with van der Waals surface area (Å²) in [7, 11) is -3.83. The third-order valence-electron chi connectivity index (χ3n) is 4.03. The molecule has 0 amide bonds. The predicted octanol–water partition coefficient (Wildman–Crippen LogP) is 2.06. The van der Waals surface area contributed by atoms with E-state index in [0.29, 0.717) is 18.4 Å². The smallest absolute Gasteiger partial charge is 0.303 e. The van der Waals surface area contributed by atoms with E-state index in [9.17, 15) is 17.6 Å². The van der Waals surface area contributed by atoms with Gasteiger partial charge in [-0.1, -0.05) is 12.5 Å². The van der Waals surface area contributed by atoms with Gasteiger partial charge in [0.1, 0.15) is 5.82 Å². The third kappa shape index (κ3) is 3.59. The maximum atomic E-state index is 13.5. The molecule has 1 aliphatic rings. The fraction of sp³-hybridized carbons (Fsp3) is 0.500. The van der Waals surface area contributed by atoms with E-state index in [1.807, 2.05) is 0 Å². The molecule has 5 nitrogen and oxygen atoms in total. The van der Waals surface area contributed by atoms with Crippen molar-refractivity contribution in [2.45, 2.75) is 37.5 Å². The van der Waals surface area contributed by atoms with Gasteiger partial charge in [0.2, 0.25) is 10.0 Å². The average Bonchev–Trinajstić information content (AvgIpc) is 2.35. The first kappa shape index (κ1) is 15.9. The van der Waals surface area contributed by atoms with Crippen LogP contribution in [-0.4, -0.2) is 26.0 Å². The molecule has 0 heterocycles. The van der Waals surface area contributed by atoms with Gasteiger partial charge in [0.05, 0.1) is 11.3 Å². The Kier molecular flexibility index (Phi) is 4.34. The zero-order chi connectivity index (χ0) is 15.7. The topological polar surface area (TPSA) is 83.5 Å². The van der Waals surface area contributed by atoms with Gasteiger partial charge in [0.25, 0.3) is 0 Å². The summed E-state index contributed by atoms with van der Waals surface area (Å²) < 4.78 is 40.2. The molecule has 0 radical (unpaired) electrons. The number of aryl methyl sites for hydroxylation is 1. The Morgan fingerprint density at radius 3 is 2.57 bits per heavy atom. The minimum absolute atomic E-state index is 0.0578. The molecule has 1 aliphatic carbocycles. The highest BCUT2D eigenvalue weighted by Crippen LogP contribution is 2.43. The molecule has 7 heteroatoms. The third-order valence-corrected chi connectivity index (χ3v) is 5.43. The molecule has 1 saturated carbocycles. The van der Waals surface area contributed by atoms with Gasteiger partial charge in [-0.2, -0.15) is 0 Å². The van der Waals surface area contributed by atoms with E-state index in [4.69, 9.17) is 5.11 Å². The van der Waals surface area contributed by atoms with Gasteiger partial charge >= 0.3 is 5.97 Å². The van der Waals surface area contributed by atoms with Crippen LogP contribution >= 0.6 is 0 Å². The van der Waals surface area contributed by atoms with Crippen LogP contribution < -0.4 is 4.72 Å². The van der Waals surface area contributed by atoms with Crippen LogP contribution in [0.1, 0.15) is 31.2 Å². The van der Waals surface area contributed by atoms with Crippen LogP contribution in [-0.2, 0) is 14.8 Å². The van der Waals surface area contributed by atoms with Crippen LogP contribution in [0.25, 0.3) is 0 Å². The van der Waals surface area contributed by atoms with Gasteiger partial charge in [0.15, 0.2) is 0 Å². The zero-order valence-electron chi connectivity index (χ0n) is 11.7. The van der Waals surface area contributed by atoms with Crippen LogP contribution in [0.3, 0.4) is 0 Å². The zero-order valence-corrected chi connectivity index (χ0v) is 12.5. The number of nitrogens with one attached hydrogen (secondary N) is 1. The molecule has 0 unspecified atom stereocenters. The number of benzene rings is 1. The van der Waals surface area contributed by atoms with Gasteiger partial charge in [-0.05, 0) is 42.9 Å². The van der Waals surface area contributed by atoms with Crippen molar-refractivity contribution < 1.29 is 22.7 Å². The molecule has 2 N–H and O–H groups in total. The Labute approximate surface area is 123 Å². The largest absolute Gasteiger partial charge is 0.481 e. The first-order valence-corrected chi connectivity index (χ1v) is 8.20. The summed E-state index contributed by atoms with van der Waals surface area (Å²) in [5.41, 5.74) is -0.141. The van der Waals surface area contributed by atoms with Gasteiger partial charge < -0.3 is 5.11 Å². The quantitative estimate of drug-likeness (QED) is 0.841. The lowest BCUT2D eigenvalue weighted by Gasteiger charge is -2.40.